The maximum absolute atomic E-state index is 2.45. The van der Waals surface area contributed by atoms with Crippen LogP contribution in [0.5, 0.6) is 0 Å². The SMILES string of the molecule is CC1CCCCC1SC1CCC1. The van der Waals surface area contributed by atoms with Crippen molar-refractivity contribution in [2.75, 3.05) is 0 Å². The van der Waals surface area contributed by atoms with Crippen molar-refractivity contribution in [3.8, 4) is 0 Å². The van der Waals surface area contributed by atoms with Gasteiger partial charge in [-0.25, -0.2) is 0 Å². The van der Waals surface area contributed by atoms with E-state index in [0.29, 0.717) is 0 Å². The van der Waals surface area contributed by atoms with E-state index < -0.39 is 0 Å². The standard InChI is InChI=1S/C11H20S/c1-9-5-2-3-8-11(9)12-10-6-4-7-10/h9-11H,2-8H2,1H3. The van der Waals surface area contributed by atoms with Gasteiger partial charge in [-0.05, 0) is 31.6 Å². The maximum Gasteiger partial charge on any atom is 0.00754 e. The molecule has 0 radical (unpaired) electrons. The molecule has 2 unspecified atom stereocenters. The Morgan fingerprint density at radius 2 is 1.67 bits per heavy atom. The van der Waals surface area contributed by atoms with Gasteiger partial charge in [-0.1, -0.05) is 26.2 Å². The van der Waals surface area contributed by atoms with E-state index >= 15 is 0 Å². The molecule has 2 aliphatic rings. The first kappa shape index (κ1) is 8.93. The summed E-state index contributed by atoms with van der Waals surface area (Å²) < 4.78 is 0. The zero-order valence-corrected chi connectivity index (χ0v) is 8.91. The van der Waals surface area contributed by atoms with Gasteiger partial charge in [0.2, 0.25) is 0 Å². The van der Waals surface area contributed by atoms with Crippen LogP contribution in [0.25, 0.3) is 0 Å². The molecule has 0 aromatic carbocycles. The summed E-state index contributed by atoms with van der Waals surface area (Å²) in [6.45, 7) is 2.45. The zero-order valence-electron chi connectivity index (χ0n) is 8.09. The fourth-order valence-corrected chi connectivity index (χ4v) is 4.05. The lowest BCUT2D eigenvalue weighted by atomic mass is 9.90. The Morgan fingerprint density at radius 1 is 0.917 bits per heavy atom. The van der Waals surface area contributed by atoms with Gasteiger partial charge in [0, 0.05) is 10.5 Å². The predicted octanol–water partition coefficient (Wildman–Crippen LogP) is 3.85. The first-order valence-electron chi connectivity index (χ1n) is 5.52. The smallest absolute Gasteiger partial charge is 0.00754 e. The van der Waals surface area contributed by atoms with E-state index in [-0.39, 0.29) is 0 Å². The second-order valence-corrected chi connectivity index (χ2v) is 6.03. The lowest BCUT2D eigenvalue weighted by Crippen LogP contribution is -2.25. The average molecular weight is 184 g/mol. The Balaban J connectivity index is 1.76. The fraction of sp³-hybridized carbons (Fsp3) is 1.00. The van der Waals surface area contributed by atoms with Crippen LogP contribution < -0.4 is 0 Å². The molecule has 0 amide bonds. The largest absolute Gasteiger partial charge is 0.155 e. The van der Waals surface area contributed by atoms with Gasteiger partial charge in [0.15, 0.2) is 0 Å². The van der Waals surface area contributed by atoms with Gasteiger partial charge >= 0.3 is 0 Å². The third kappa shape index (κ3) is 1.99. The third-order valence-corrected chi connectivity index (χ3v) is 5.36. The van der Waals surface area contributed by atoms with Crippen molar-refractivity contribution < 1.29 is 0 Å². The number of hydrogen-bond acceptors (Lipinski definition) is 1. The topological polar surface area (TPSA) is 0 Å². The molecule has 2 atom stereocenters. The Labute approximate surface area is 80.5 Å². The van der Waals surface area contributed by atoms with E-state index in [4.69, 9.17) is 0 Å². The predicted molar refractivity (Wildman–Crippen MR) is 56.7 cm³/mol. The van der Waals surface area contributed by atoms with E-state index in [0.717, 1.165) is 16.4 Å². The summed E-state index contributed by atoms with van der Waals surface area (Å²) in [7, 11) is 0. The molecule has 2 saturated carbocycles. The molecule has 70 valence electrons. The van der Waals surface area contributed by atoms with Crippen molar-refractivity contribution in [2.24, 2.45) is 5.92 Å². The van der Waals surface area contributed by atoms with Crippen molar-refractivity contribution in [3.05, 3.63) is 0 Å². The molecule has 0 heterocycles. The van der Waals surface area contributed by atoms with Gasteiger partial charge in [0.1, 0.15) is 0 Å². The Kier molecular flexibility index (Phi) is 3.00. The van der Waals surface area contributed by atoms with Gasteiger partial charge in [-0.2, -0.15) is 11.8 Å². The summed E-state index contributed by atoms with van der Waals surface area (Å²) in [5.74, 6) is 1.00. The first-order valence-corrected chi connectivity index (χ1v) is 6.46. The average Bonchev–Trinajstić information content (AvgIpc) is 2.00. The molecule has 2 aliphatic carbocycles. The van der Waals surface area contributed by atoms with Gasteiger partial charge in [0.05, 0.1) is 0 Å². The highest BCUT2D eigenvalue weighted by atomic mass is 32.2. The zero-order chi connectivity index (χ0) is 8.39. The van der Waals surface area contributed by atoms with Crippen LogP contribution in [-0.4, -0.2) is 10.5 Å². The van der Waals surface area contributed by atoms with E-state index in [1.807, 2.05) is 0 Å². The second-order valence-electron chi connectivity index (χ2n) is 4.49. The second kappa shape index (κ2) is 4.04. The van der Waals surface area contributed by atoms with Crippen LogP contribution in [0, 0.1) is 5.92 Å². The lowest BCUT2D eigenvalue weighted by molar-refractivity contribution is 0.393. The van der Waals surface area contributed by atoms with E-state index in [9.17, 15) is 0 Å². The van der Waals surface area contributed by atoms with Gasteiger partial charge in [0.25, 0.3) is 0 Å². The molecule has 2 fully saturated rings. The van der Waals surface area contributed by atoms with E-state index in [2.05, 4.69) is 18.7 Å². The molecule has 0 saturated heterocycles. The first-order chi connectivity index (χ1) is 5.86. The summed E-state index contributed by atoms with van der Waals surface area (Å²) in [6, 6.07) is 0. The van der Waals surface area contributed by atoms with Crippen molar-refractivity contribution >= 4 is 11.8 Å². The van der Waals surface area contributed by atoms with E-state index in [1.54, 1.807) is 0 Å². The van der Waals surface area contributed by atoms with Crippen LogP contribution >= 0.6 is 11.8 Å². The molecule has 1 heteroatoms. The van der Waals surface area contributed by atoms with Crippen LogP contribution in [0.3, 0.4) is 0 Å². The molecule has 12 heavy (non-hydrogen) atoms. The minimum absolute atomic E-state index is 1.00. The molecule has 0 aromatic heterocycles. The Hall–Kier alpha value is 0.350. The summed E-state index contributed by atoms with van der Waals surface area (Å²) in [4.78, 5) is 0. The van der Waals surface area contributed by atoms with Crippen molar-refractivity contribution in [1.29, 1.82) is 0 Å². The summed E-state index contributed by atoms with van der Waals surface area (Å²) in [5.41, 5.74) is 0. The Morgan fingerprint density at radius 3 is 2.25 bits per heavy atom. The van der Waals surface area contributed by atoms with Crippen LogP contribution in [0.4, 0.5) is 0 Å². The van der Waals surface area contributed by atoms with Gasteiger partial charge in [-0.3, -0.25) is 0 Å². The molecule has 0 aromatic rings. The highest BCUT2D eigenvalue weighted by Gasteiger charge is 2.27. The van der Waals surface area contributed by atoms with Crippen molar-refractivity contribution in [3.63, 3.8) is 0 Å². The molecule has 0 N–H and O–H groups in total. The molecule has 2 rings (SSSR count). The molecular formula is C11H20S. The number of rotatable bonds is 2. The van der Waals surface area contributed by atoms with Crippen LogP contribution in [0.1, 0.15) is 51.9 Å². The minimum Gasteiger partial charge on any atom is -0.155 e. The quantitative estimate of drug-likeness (QED) is 0.628. The lowest BCUT2D eigenvalue weighted by Gasteiger charge is -2.34. The van der Waals surface area contributed by atoms with Gasteiger partial charge < -0.3 is 0 Å². The maximum atomic E-state index is 2.45. The number of hydrogen-bond donors (Lipinski definition) is 0. The van der Waals surface area contributed by atoms with Crippen molar-refractivity contribution in [1.82, 2.24) is 0 Å². The van der Waals surface area contributed by atoms with Crippen LogP contribution in [0.2, 0.25) is 0 Å². The monoisotopic (exact) mass is 184 g/mol. The Bertz CT molecular complexity index is 140. The summed E-state index contributed by atoms with van der Waals surface area (Å²) >= 11 is 2.32. The van der Waals surface area contributed by atoms with Crippen LogP contribution in [-0.2, 0) is 0 Å². The minimum atomic E-state index is 1.00. The molecular weight excluding hydrogens is 164 g/mol. The van der Waals surface area contributed by atoms with Crippen molar-refractivity contribution in [2.45, 2.75) is 62.4 Å². The normalized spacial score (nSPS) is 37.8. The number of thioether (sulfide) groups is 1. The molecule has 0 bridgehead atoms. The molecule has 0 spiro atoms. The fourth-order valence-electron chi connectivity index (χ4n) is 2.24. The van der Waals surface area contributed by atoms with Gasteiger partial charge in [-0.15, -0.1) is 0 Å². The highest BCUT2D eigenvalue weighted by molar-refractivity contribution is 8.00. The third-order valence-electron chi connectivity index (χ3n) is 3.45. The van der Waals surface area contributed by atoms with E-state index in [1.165, 1.54) is 44.9 Å². The molecule has 0 aliphatic heterocycles. The van der Waals surface area contributed by atoms with Crippen LogP contribution in [0.15, 0.2) is 0 Å². The summed E-state index contributed by atoms with van der Waals surface area (Å²) in [5, 5.41) is 2.07. The molecule has 0 nitrogen and oxygen atoms in total. The highest BCUT2D eigenvalue weighted by Crippen LogP contribution is 2.41. The summed E-state index contributed by atoms with van der Waals surface area (Å²) in [6.07, 6.45) is 10.5.